The largest absolute Gasteiger partial charge is 0.399 e. The van der Waals surface area contributed by atoms with Gasteiger partial charge in [0, 0.05) is 19.3 Å². The van der Waals surface area contributed by atoms with E-state index >= 15 is 0 Å². The monoisotopic (exact) mass is 262 g/mol. The first-order chi connectivity index (χ1) is 7.35. The molecule has 0 aliphatic heterocycles. The average molecular weight is 263 g/mol. The highest BCUT2D eigenvalue weighted by atomic mass is 35.5. The summed E-state index contributed by atoms with van der Waals surface area (Å²) in [6.45, 7) is 4.55. The molecule has 5 heteroatoms. The highest BCUT2D eigenvalue weighted by Crippen LogP contribution is 2.33. The van der Waals surface area contributed by atoms with Crippen LogP contribution >= 0.6 is 23.2 Å². The summed E-state index contributed by atoms with van der Waals surface area (Å²) in [4.78, 5) is 0. The Hall–Kier alpha value is -0.640. The third kappa shape index (κ3) is 3.44. The van der Waals surface area contributed by atoms with E-state index < -0.39 is 0 Å². The molecule has 0 saturated heterocycles. The third-order valence-corrected chi connectivity index (χ3v) is 2.90. The summed E-state index contributed by atoms with van der Waals surface area (Å²) in [5.74, 6) is 0. The molecular formula is C11H16Cl2N2O. The van der Waals surface area contributed by atoms with E-state index in [2.05, 4.69) is 5.32 Å². The van der Waals surface area contributed by atoms with Crippen molar-refractivity contribution in [1.29, 1.82) is 0 Å². The Morgan fingerprint density at radius 3 is 2.25 bits per heavy atom. The van der Waals surface area contributed by atoms with Crippen LogP contribution in [-0.4, -0.2) is 19.3 Å². The van der Waals surface area contributed by atoms with Crippen LogP contribution in [0.25, 0.3) is 0 Å². The van der Waals surface area contributed by atoms with Crippen LogP contribution in [-0.2, 0) is 4.74 Å². The first-order valence-electron chi connectivity index (χ1n) is 4.89. The maximum atomic E-state index is 6.04. The maximum absolute atomic E-state index is 6.04. The molecule has 1 aromatic carbocycles. The summed E-state index contributed by atoms with van der Waals surface area (Å²) in [6.07, 6.45) is 0. The van der Waals surface area contributed by atoms with Crippen LogP contribution in [0.2, 0.25) is 10.0 Å². The number of methoxy groups -OCH3 is 1. The van der Waals surface area contributed by atoms with Gasteiger partial charge in [0.15, 0.2) is 0 Å². The molecule has 0 aliphatic rings. The second-order valence-corrected chi connectivity index (χ2v) is 4.99. The number of anilines is 2. The number of rotatable bonds is 4. The van der Waals surface area contributed by atoms with E-state index in [1.807, 2.05) is 13.8 Å². The van der Waals surface area contributed by atoms with Crippen LogP contribution < -0.4 is 11.1 Å². The molecule has 90 valence electrons. The summed E-state index contributed by atoms with van der Waals surface area (Å²) in [6, 6.07) is 3.32. The van der Waals surface area contributed by atoms with E-state index in [1.54, 1.807) is 19.2 Å². The lowest BCUT2D eigenvalue weighted by molar-refractivity contribution is 0.0344. The van der Waals surface area contributed by atoms with Gasteiger partial charge in [-0.1, -0.05) is 23.2 Å². The summed E-state index contributed by atoms with van der Waals surface area (Å²) >= 11 is 12.1. The average Bonchev–Trinajstić information content (AvgIpc) is 2.16. The van der Waals surface area contributed by atoms with Crippen LogP contribution in [0, 0.1) is 0 Å². The van der Waals surface area contributed by atoms with Crippen LogP contribution in [0.5, 0.6) is 0 Å². The molecule has 3 nitrogen and oxygen atoms in total. The molecule has 0 amide bonds. The number of halogens is 2. The van der Waals surface area contributed by atoms with Crippen molar-refractivity contribution in [2.75, 3.05) is 24.7 Å². The molecule has 0 fully saturated rings. The van der Waals surface area contributed by atoms with E-state index in [0.29, 0.717) is 28.0 Å². The quantitative estimate of drug-likeness (QED) is 0.818. The summed E-state index contributed by atoms with van der Waals surface area (Å²) < 4.78 is 5.29. The molecule has 0 aliphatic carbocycles. The molecule has 0 spiro atoms. The molecule has 0 aromatic heterocycles. The number of hydrogen-bond acceptors (Lipinski definition) is 3. The Bertz CT molecular complexity index is 357. The molecule has 0 saturated carbocycles. The minimum Gasteiger partial charge on any atom is -0.399 e. The lowest BCUT2D eigenvalue weighted by atomic mass is 10.1. The van der Waals surface area contributed by atoms with Crippen LogP contribution in [0.1, 0.15) is 13.8 Å². The minimum absolute atomic E-state index is 0.284. The van der Waals surface area contributed by atoms with Gasteiger partial charge in [0.05, 0.1) is 21.3 Å². The molecule has 16 heavy (non-hydrogen) atoms. The molecular weight excluding hydrogens is 247 g/mol. The van der Waals surface area contributed by atoms with Gasteiger partial charge in [-0.15, -0.1) is 0 Å². The van der Waals surface area contributed by atoms with Gasteiger partial charge in [0.25, 0.3) is 0 Å². The van der Waals surface area contributed by atoms with E-state index in [0.717, 1.165) is 0 Å². The number of benzene rings is 1. The van der Waals surface area contributed by atoms with Gasteiger partial charge in [0.1, 0.15) is 0 Å². The summed E-state index contributed by atoms with van der Waals surface area (Å²) in [7, 11) is 1.66. The number of ether oxygens (including phenoxy) is 1. The Morgan fingerprint density at radius 1 is 1.31 bits per heavy atom. The zero-order chi connectivity index (χ0) is 12.3. The predicted octanol–water partition coefficient (Wildman–Crippen LogP) is 3.41. The third-order valence-electron chi connectivity index (χ3n) is 2.31. The zero-order valence-corrected chi connectivity index (χ0v) is 11.1. The van der Waals surface area contributed by atoms with Gasteiger partial charge in [-0.3, -0.25) is 0 Å². The van der Waals surface area contributed by atoms with Gasteiger partial charge in [-0.25, -0.2) is 0 Å². The van der Waals surface area contributed by atoms with E-state index in [4.69, 9.17) is 33.7 Å². The van der Waals surface area contributed by atoms with Gasteiger partial charge < -0.3 is 15.8 Å². The molecule has 1 rings (SSSR count). The second kappa shape index (κ2) is 5.13. The van der Waals surface area contributed by atoms with Crippen molar-refractivity contribution in [3.05, 3.63) is 22.2 Å². The van der Waals surface area contributed by atoms with Crippen molar-refractivity contribution in [3.63, 3.8) is 0 Å². The summed E-state index contributed by atoms with van der Waals surface area (Å²) in [5.41, 5.74) is 6.56. The van der Waals surface area contributed by atoms with Crippen molar-refractivity contribution in [3.8, 4) is 0 Å². The predicted molar refractivity (Wildman–Crippen MR) is 70.5 cm³/mol. The molecule has 0 radical (unpaired) electrons. The topological polar surface area (TPSA) is 47.3 Å². The molecule has 0 atom stereocenters. The van der Waals surface area contributed by atoms with Crippen LogP contribution in [0.15, 0.2) is 12.1 Å². The number of nitrogen functional groups attached to an aromatic ring is 1. The van der Waals surface area contributed by atoms with Crippen LogP contribution in [0.4, 0.5) is 11.4 Å². The fraction of sp³-hybridized carbons (Fsp3) is 0.455. The van der Waals surface area contributed by atoms with Crippen LogP contribution in [0.3, 0.4) is 0 Å². The van der Waals surface area contributed by atoms with Crippen molar-refractivity contribution < 1.29 is 4.74 Å². The summed E-state index contributed by atoms with van der Waals surface area (Å²) in [5, 5.41) is 4.18. The Kier molecular flexibility index (Phi) is 4.30. The van der Waals surface area contributed by atoms with E-state index in [1.165, 1.54) is 0 Å². The van der Waals surface area contributed by atoms with Crippen molar-refractivity contribution in [2.24, 2.45) is 0 Å². The molecule has 3 N–H and O–H groups in total. The van der Waals surface area contributed by atoms with E-state index in [9.17, 15) is 0 Å². The van der Waals surface area contributed by atoms with Gasteiger partial charge in [-0.2, -0.15) is 0 Å². The number of nitrogens with one attached hydrogen (secondary N) is 1. The van der Waals surface area contributed by atoms with Crippen molar-refractivity contribution in [1.82, 2.24) is 0 Å². The van der Waals surface area contributed by atoms with E-state index in [-0.39, 0.29) is 5.60 Å². The Labute approximate surface area is 106 Å². The van der Waals surface area contributed by atoms with Gasteiger partial charge >= 0.3 is 0 Å². The maximum Gasteiger partial charge on any atom is 0.0794 e. The van der Waals surface area contributed by atoms with Gasteiger partial charge in [0.2, 0.25) is 0 Å². The normalized spacial score (nSPS) is 11.6. The SMILES string of the molecule is COC(C)(C)CNc1c(Cl)cc(N)cc1Cl. The Balaban J connectivity index is 2.82. The Morgan fingerprint density at radius 2 is 1.81 bits per heavy atom. The zero-order valence-electron chi connectivity index (χ0n) is 9.60. The second-order valence-electron chi connectivity index (χ2n) is 4.18. The molecule has 0 unspecified atom stereocenters. The molecule has 0 heterocycles. The van der Waals surface area contributed by atoms with Crippen molar-refractivity contribution in [2.45, 2.75) is 19.4 Å². The highest BCUT2D eigenvalue weighted by molar-refractivity contribution is 6.39. The number of nitrogens with two attached hydrogens (primary N) is 1. The smallest absolute Gasteiger partial charge is 0.0794 e. The first kappa shape index (κ1) is 13.4. The standard InChI is InChI=1S/C11H16Cl2N2O/c1-11(2,16-3)6-15-10-8(12)4-7(14)5-9(10)13/h4-5,15H,6,14H2,1-3H3. The fourth-order valence-corrected chi connectivity index (χ4v) is 1.77. The molecule has 0 bridgehead atoms. The van der Waals surface area contributed by atoms with Crippen molar-refractivity contribution >= 4 is 34.6 Å². The first-order valence-corrected chi connectivity index (χ1v) is 5.65. The molecule has 1 aromatic rings. The lowest BCUT2D eigenvalue weighted by Gasteiger charge is -2.24. The fourth-order valence-electron chi connectivity index (χ4n) is 1.14. The minimum atomic E-state index is -0.284. The number of hydrogen-bond donors (Lipinski definition) is 2. The lowest BCUT2D eigenvalue weighted by Crippen LogP contribution is -2.32. The highest BCUT2D eigenvalue weighted by Gasteiger charge is 2.17. The van der Waals surface area contributed by atoms with Gasteiger partial charge in [-0.05, 0) is 26.0 Å².